The number of nitrogens with zero attached hydrogens (tertiary/aromatic N) is 2. The van der Waals surface area contributed by atoms with E-state index >= 15 is 0 Å². The minimum Gasteiger partial charge on any atom is -0.393 e. The van der Waals surface area contributed by atoms with E-state index in [1.165, 1.54) is 6.42 Å². The zero-order valence-electron chi connectivity index (χ0n) is 13.7. The molecule has 23 heavy (non-hydrogen) atoms. The zero-order valence-corrected chi connectivity index (χ0v) is 13.7. The van der Waals surface area contributed by atoms with Crippen LogP contribution in [0.5, 0.6) is 0 Å². The number of rotatable bonds is 5. The minimum atomic E-state index is -0.162. The van der Waals surface area contributed by atoms with Crippen LogP contribution in [0.15, 0.2) is 29.1 Å². The van der Waals surface area contributed by atoms with Gasteiger partial charge in [-0.1, -0.05) is 25.0 Å². The monoisotopic (exact) mass is 315 g/mol. The van der Waals surface area contributed by atoms with Crippen molar-refractivity contribution in [3.8, 4) is 0 Å². The lowest BCUT2D eigenvalue weighted by Crippen LogP contribution is -2.36. The molecule has 5 nitrogen and oxygen atoms in total. The number of nitrogens with one attached hydrogen (secondary N) is 1. The third-order valence-corrected chi connectivity index (χ3v) is 4.81. The molecule has 2 unspecified atom stereocenters. The van der Waals surface area contributed by atoms with Crippen LogP contribution in [0.25, 0.3) is 10.9 Å². The maximum absolute atomic E-state index is 12.1. The second kappa shape index (κ2) is 7.23. The molecule has 5 heteroatoms. The Labute approximate surface area is 136 Å². The molecule has 1 fully saturated rings. The first-order valence-corrected chi connectivity index (χ1v) is 8.48. The van der Waals surface area contributed by atoms with Crippen LogP contribution in [0, 0.1) is 5.92 Å². The Balaban J connectivity index is 1.60. The number of H-pyrrole nitrogens is 1. The highest BCUT2D eigenvalue weighted by Crippen LogP contribution is 2.24. The number of aromatic amines is 1. The maximum Gasteiger partial charge on any atom is 0.258 e. The van der Waals surface area contributed by atoms with Crippen molar-refractivity contribution < 1.29 is 5.11 Å². The number of hydrogen-bond donors (Lipinski definition) is 2. The van der Waals surface area contributed by atoms with Crippen molar-refractivity contribution in [3.63, 3.8) is 0 Å². The maximum atomic E-state index is 12.1. The smallest absolute Gasteiger partial charge is 0.258 e. The fraction of sp³-hybridized carbons (Fsp3) is 0.556. The van der Waals surface area contributed by atoms with Crippen LogP contribution in [-0.2, 0) is 6.42 Å². The highest BCUT2D eigenvalue weighted by Gasteiger charge is 2.23. The summed E-state index contributed by atoms with van der Waals surface area (Å²) in [5, 5.41) is 10.7. The molecule has 1 aromatic heterocycles. The fourth-order valence-electron chi connectivity index (χ4n) is 3.44. The molecule has 1 aliphatic rings. The Morgan fingerprint density at radius 3 is 2.91 bits per heavy atom. The Morgan fingerprint density at radius 2 is 2.09 bits per heavy atom. The number of hydrogen-bond acceptors (Lipinski definition) is 4. The van der Waals surface area contributed by atoms with Gasteiger partial charge in [0.05, 0.1) is 17.0 Å². The van der Waals surface area contributed by atoms with Crippen LogP contribution in [0.4, 0.5) is 0 Å². The quantitative estimate of drug-likeness (QED) is 0.885. The number of benzene rings is 1. The average Bonchev–Trinajstić information content (AvgIpc) is 2.55. The molecule has 124 valence electrons. The lowest BCUT2D eigenvalue weighted by Gasteiger charge is -2.31. The van der Waals surface area contributed by atoms with Crippen LogP contribution < -0.4 is 5.56 Å². The summed E-state index contributed by atoms with van der Waals surface area (Å²) < 4.78 is 0. The summed E-state index contributed by atoms with van der Waals surface area (Å²) in [6.45, 7) is 1.73. The summed E-state index contributed by atoms with van der Waals surface area (Å²) in [5.74, 6) is 1.10. The Bertz CT molecular complexity index is 713. The molecule has 1 saturated carbocycles. The Hall–Kier alpha value is -1.72. The Morgan fingerprint density at radius 1 is 1.30 bits per heavy atom. The van der Waals surface area contributed by atoms with Gasteiger partial charge in [-0.05, 0) is 37.9 Å². The van der Waals surface area contributed by atoms with E-state index in [0.717, 1.165) is 43.7 Å². The predicted octanol–water partition coefficient (Wildman–Crippen LogP) is 1.95. The van der Waals surface area contributed by atoms with E-state index in [0.29, 0.717) is 17.7 Å². The first-order chi connectivity index (χ1) is 11.1. The van der Waals surface area contributed by atoms with E-state index in [4.69, 9.17) is 0 Å². The first-order valence-electron chi connectivity index (χ1n) is 8.48. The van der Waals surface area contributed by atoms with Gasteiger partial charge in [0.25, 0.3) is 5.56 Å². The van der Waals surface area contributed by atoms with Crippen LogP contribution in [0.3, 0.4) is 0 Å². The van der Waals surface area contributed by atoms with E-state index in [9.17, 15) is 9.90 Å². The van der Waals surface area contributed by atoms with Gasteiger partial charge in [-0.15, -0.1) is 0 Å². The summed E-state index contributed by atoms with van der Waals surface area (Å²) in [4.78, 5) is 21.7. The summed E-state index contributed by atoms with van der Waals surface area (Å²) in [7, 11) is 2.07. The van der Waals surface area contributed by atoms with E-state index < -0.39 is 0 Å². The van der Waals surface area contributed by atoms with Crippen LogP contribution in [0.1, 0.15) is 31.5 Å². The average molecular weight is 315 g/mol. The molecular formula is C18H25N3O2. The molecule has 2 N–H and O–H groups in total. The molecule has 0 bridgehead atoms. The van der Waals surface area contributed by atoms with Gasteiger partial charge in [0.1, 0.15) is 5.82 Å². The summed E-state index contributed by atoms with van der Waals surface area (Å²) in [5.41, 5.74) is 0.674. The van der Waals surface area contributed by atoms with Crippen molar-refractivity contribution in [2.24, 2.45) is 5.92 Å². The van der Waals surface area contributed by atoms with Gasteiger partial charge in [-0.2, -0.15) is 0 Å². The van der Waals surface area contributed by atoms with Crippen LogP contribution in [0.2, 0.25) is 0 Å². The topological polar surface area (TPSA) is 69.2 Å². The van der Waals surface area contributed by atoms with Gasteiger partial charge < -0.3 is 15.0 Å². The lowest BCUT2D eigenvalue weighted by atomic mass is 9.86. The summed E-state index contributed by atoms with van der Waals surface area (Å²) >= 11 is 0. The van der Waals surface area contributed by atoms with Crippen molar-refractivity contribution in [2.75, 3.05) is 20.1 Å². The standard InChI is InChI=1S/C18H25N3O2/c1-21(12-13-6-2-5-9-16(13)22)11-10-17-19-15-8-4-3-7-14(15)18(23)20-17/h3-4,7-8,13,16,22H,2,5-6,9-12H2,1H3,(H,19,20,23). The van der Waals surface area contributed by atoms with Gasteiger partial charge in [-0.3, -0.25) is 4.79 Å². The molecule has 3 rings (SSSR count). The second-order valence-corrected chi connectivity index (χ2v) is 6.65. The highest BCUT2D eigenvalue weighted by molar-refractivity contribution is 5.77. The van der Waals surface area contributed by atoms with Crippen LogP contribution in [-0.4, -0.2) is 46.2 Å². The number of aliphatic hydroxyl groups is 1. The lowest BCUT2D eigenvalue weighted by molar-refractivity contribution is 0.0516. The normalized spacial score (nSPS) is 21.9. The third kappa shape index (κ3) is 3.98. The zero-order chi connectivity index (χ0) is 16.2. The molecule has 2 atom stereocenters. The predicted molar refractivity (Wildman–Crippen MR) is 91.5 cm³/mol. The van der Waals surface area contributed by atoms with E-state index in [1.807, 2.05) is 18.2 Å². The molecule has 1 heterocycles. The van der Waals surface area contributed by atoms with E-state index in [-0.39, 0.29) is 11.7 Å². The summed E-state index contributed by atoms with van der Waals surface area (Å²) in [6.07, 6.45) is 4.94. The van der Waals surface area contributed by atoms with Gasteiger partial charge in [0.15, 0.2) is 0 Å². The number of para-hydroxylation sites is 1. The summed E-state index contributed by atoms with van der Waals surface area (Å²) in [6, 6.07) is 7.41. The van der Waals surface area contributed by atoms with Gasteiger partial charge in [-0.25, -0.2) is 4.98 Å². The molecule has 0 aliphatic heterocycles. The fourth-order valence-corrected chi connectivity index (χ4v) is 3.44. The minimum absolute atomic E-state index is 0.0732. The van der Waals surface area contributed by atoms with Gasteiger partial charge in [0.2, 0.25) is 0 Å². The van der Waals surface area contributed by atoms with Crippen molar-refractivity contribution in [2.45, 2.75) is 38.2 Å². The molecular weight excluding hydrogens is 290 g/mol. The van der Waals surface area contributed by atoms with Crippen molar-refractivity contribution in [3.05, 3.63) is 40.4 Å². The first kappa shape index (κ1) is 16.1. The molecule has 0 amide bonds. The molecule has 0 radical (unpaired) electrons. The second-order valence-electron chi connectivity index (χ2n) is 6.65. The largest absolute Gasteiger partial charge is 0.393 e. The molecule has 0 spiro atoms. The van der Waals surface area contributed by atoms with Gasteiger partial charge >= 0.3 is 0 Å². The SMILES string of the molecule is CN(CCc1nc2ccccc2c(=O)[nH]1)CC1CCCCC1O. The number of aromatic nitrogens is 2. The van der Waals surface area contributed by atoms with Gasteiger partial charge in [0, 0.05) is 19.5 Å². The number of fused-ring (bicyclic) bond motifs is 1. The van der Waals surface area contributed by atoms with Crippen molar-refractivity contribution in [1.29, 1.82) is 0 Å². The molecule has 1 aliphatic carbocycles. The Kier molecular flexibility index (Phi) is 5.08. The molecule has 1 aromatic carbocycles. The number of aliphatic hydroxyl groups excluding tert-OH is 1. The highest BCUT2D eigenvalue weighted by atomic mass is 16.3. The number of likely N-dealkylation sites (N-methyl/N-ethyl adjacent to an activating group) is 1. The third-order valence-electron chi connectivity index (χ3n) is 4.81. The van der Waals surface area contributed by atoms with Crippen LogP contribution >= 0.6 is 0 Å². The van der Waals surface area contributed by atoms with Crippen molar-refractivity contribution >= 4 is 10.9 Å². The van der Waals surface area contributed by atoms with Crippen molar-refractivity contribution in [1.82, 2.24) is 14.9 Å². The van der Waals surface area contributed by atoms with E-state index in [2.05, 4.69) is 21.9 Å². The molecule has 2 aromatic rings. The van der Waals surface area contributed by atoms with E-state index in [1.54, 1.807) is 6.07 Å². The molecule has 0 saturated heterocycles.